The van der Waals surface area contributed by atoms with Crippen LogP contribution in [0.3, 0.4) is 0 Å². The lowest BCUT2D eigenvalue weighted by Crippen LogP contribution is -2.18. The molecule has 0 saturated heterocycles. The Morgan fingerprint density at radius 1 is 1.44 bits per heavy atom. The second-order valence-electron chi connectivity index (χ2n) is 4.41. The van der Waals surface area contributed by atoms with Gasteiger partial charge in [0.1, 0.15) is 0 Å². The minimum absolute atomic E-state index is 0.0990. The summed E-state index contributed by atoms with van der Waals surface area (Å²) in [5.41, 5.74) is 0.495. The molecule has 0 aliphatic heterocycles. The van der Waals surface area contributed by atoms with Crippen molar-refractivity contribution >= 4 is 33.2 Å². The first-order valence-corrected chi connectivity index (χ1v) is 6.85. The summed E-state index contributed by atoms with van der Waals surface area (Å²) in [6.07, 6.45) is 2.34. The molecule has 1 unspecified atom stereocenters. The third-order valence-electron chi connectivity index (χ3n) is 2.93. The normalized spacial score (nSPS) is 16.8. The summed E-state index contributed by atoms with van der Waals surface area (Å²) in [5.74, 6) is 0.698. The Morgan fingerprint density at radius 3 is 2.67 bits per heavy atom. The molecule has 18 heavy (non-hydrogen) atoms. The number of rotatable bonds is 5. The van der Waals surface area contributed by atoms with Gasteiger partial charge in [-0.25, -0.2) is 0 Å². The summed E-state index contributed by atoms with van der Waals surface area (Å²) in [5, 5.41) is 3.65. The fourth-order valence-electron chi connectivity index (χ4n) is 1.84. The maximum atomic E-state index is 12.4. The van der Waals surface area contributed by atoms with Crippen molar-refractivity contribution in [1.82, 2.24) is 0 Å². The van der Waals surface area contributed by atoms with Gasteiger partial charge in [0.25, 0.3) is 0 Å². The van der Waals surface area contributed by atoms with E-state index in [9.17, 15) is 8.78 Å². The molecule has 1 saturated carbocycles. The molecule has 2 nitrogen and oxygen atoms in total. The van der Waals surface area contributed by atoms with Crippen LogP contribution in [0.2, 0.25) is 5.02 Å². The average Bonchev–Trinajstić information content (AvgIpc) is 3.06. The Morgan fingerprint density at radius 2 is 2.11 bits per heavy atom. The van der Waals surface area contributed by atoms with E-state index in [1.165, 1.54) is 18.9 Å². The molecule has 1 aromatic rings. The molecule has 0 spiro atoms. The number of benzene rings is 1. The van der Waals surface area contributed by atoms with Crippen molar-refractivity contribution < 1.29 is 13.5 Å². The first kappa shape index (κ1) is 13.9. The van der Waals surface area contributed by atoms with E-state index in [-0.39, 0.29) is 11.8 Å². The Labute approximate surface area is 118 Å². The number of anilines is 1. The van der Waals surface area contributed by atoms with Crippen LogP contribution in [0.15, 0.2) is 16.6 Å². The summed E-state index contributed by atoms with van der Waals surface area (Å²) in [7, 11) is 0. The monoisotopic (exact) mass is 339 g/mol. The number of halogens is 4. The predicted octanol–water partition coefficient (Wildman–Crippen LogP) is 4.91. The molecule has 1 aliphatic carbocycles. The third-order valence-corrected chi connectivity index (χ3v) is 3.73. The first-order chi connectivity index (χ1) is 8.47. The quantitative estimate of drug-likeness (QED) is 0.822. The molecule has 0 bridgehead atoms. The second-order valence-corrected chi connectivity index (χ2v) is 5.70. The van der Waals surface area contributed by atoms with Crippen molar-refractivity contribution in [2.24, 2.45) is 5.92 Å². The van der Waals surface area contributed by atoms with Gasteiger partial charge in [0.15, 0.2) is 5.75 Å². The molecule has 1 fully saturated rings. The highest BCUT2D eigenvalue weighted by molar-refractivity contribution is 9.10. The van der Waals surface area contributed by atoms with Gasteiger partial charge in [-0.05, 0) is 53.7 Å². The molecule has 0 aromatic heterocycles. The number of hydrogen-bond acceptors (Lipinski definition) is 2. The fourth-order valence-corrected chi connectivity index (χ4v) is 2.74. The lowest BCUT2D eigenvalue weighted by Gasteiger charge is -2.19. The zero-order valence-electron chi connectivity index (χ0n) is 9.72. The van der Waals surface area contributed by atoms with Crippen molar-refractivity contribution in [2.75, 3.05) is 5.32 Å². The maximum Gasteiger partial charge on any atom is 0.387 e. The van der Waals surface area contributed by atoms with Gasteiger partial charge in [0.2, 0.25) is 0 Å². The Kier molecular flexibility index (Phi) is 4.33. The Balaban J connectivity index is 2.24. The molecule has 2 rings (SSSR count). The summed E-state index contributed by atoms with van der Waals surface area (Å²) < 4.78 is 29.7. The van der Waals surface area contributed by atoms with E-state index in [0.717, 1.165) is 0 Å². The van der Waals surface area contributed by atoms with Gasteiger partial charge in [0, 0.05) is 11.1 Å². The van der Waals surface area contributed by atoms with Crippen LogP contribution in [0.5, 0.6) is 5.75 Å². The number of alkyl halides is 2. The number of ether oxygens (including phenoxy) is 1. The second kappa shape index (κ2) is 5.61. The molecule has 0 amide bonds. The molecule has 0 heterocycles. The minimum Gasteiger partial charge on any atom is -0.431 e. The van der Waals surface area contributed by atoms with E-state index < -0.39 is 6.61 Å². The lowest BCUT2D eigenvalue weighted by molar-refractivity contribution is -0.0498. The molecule has 1 aromatic carbocycles. The van der Waals surface area contributed by atoms with Crippen LogP contribution in [-0.4, -0.2) is 12.7 Å². The average molecular weight is 341 g/mol. The number of nitrogens with one attached hydrogen (secondary N) is 1. The highest BCUT2D eigenvalue weighted by Crippen LogP contribution is 2.40. The largest absolute Gasteiger partial charge is 0.431 e. The van der Waals surface area contributed by atoms with E-state index in [4.69, 9.17) is 11.6 Å². The molecule has 1 aliphatic rings. The summed E-state index contributed by atoms with van der Waals surface area (Å²) >= 11 is 9.11. The number of hydrogen-bond donors (Lipinski definition) is 1. The minimum atomic E-state index is -2.86. The molecule has 1 N–H and O–H groups in total. The Bertz CT molecular complexity index is 440. The molecule has 100 valence electrons. The predicted molar refractivity (Wildman–Crippen MR) is 71.6 cm³/mol. The lowest BCUT2D eigenvalue weighted by atomic mass is 10.2. The Hall–Kier alpha value is -0.550. The van der Waals surface area contributed by atoms with Crippen molar-refractivity contribution in [2.45, 2.75) is 32.4 Å². The highest BCUT2D eigenvalue weighted by Gasteiger charge is 2.29. The third kappa shape index (κ3) is 3.48. The smallest absolute Gasteiger partial charge is 0.387 e. The molecular weight excluding hydrogens is 327 g/mol. The van der Waals surface area contributed by atoms with Gasteiger partial charge >= 0.3 is 6.61 Å². The summed E-state index contributed by atoms with van der Waals surface area (Å²) in [6.45, 7) is -0.835. The zero-order valence-corrected chi connectivity index (χ0v) is 12.1. The SMILES string of the molecule is CC(Nc1cc(Cl)cc(Br)c1OC(F)F)C1CC1. The van der Waals surface area contributed by atoms with E-state index >= 15 is 0 Å². The maximum absolute atomic E-state index is 12.4. The first-order valence-electron chi connectivity index (χ1n) is 5.67. The molecule has 6 heteroatoms. The fraction of sp³-hybridized carbons (Fsp3) is 0.500. The highest BCUT2D eigenvalue weighted by atomic mass is 79.9. The van der Waals surface area contributed by atoms with Crippen LogP contribution in [0, 0.1) is 5.92 Å². The standard InChI is InChI=1S/C12H13BrClF2NO/c1-6(7-2-3-7)17-10-5-8(14)4-9(13)11(10)18-12(15)16/h4-7,12,17H,2-3H2,1H3. The van der Waals surface area contributed by atoms with Crippen molar-refractivity contribution in [3.05, 3.63) is 21.6 Å². The van der Waals surface area contributed by atoms with Gasteiger partial charge in [-0.2, -0.15) is 8.78 Å². The topological polar surface area (TPSA) is 21.3 Å². The zero-order chi connectivity index (χ0) is 13.3. The molecular formula is C12H13BrClF2NO. The van der Waals surface area contributed by atoms with Gasteiger partial charge < -0.3 is 10.1 Å². The van der Waals surface area contributed by atoms with Gasteiger partial charge in [-0.15, -0.1) is 0 Å². The van der Waals surface area contributed by atoms with Crippen molar-refractivity contribution in [3.8, 4) is 5.75 Å². The molecule has 1 atom stereocenters. The van der Waals surface area contributed by atoms with Crippen LogP contribution in [0.4, 0.5) is 14.5 Å². The summed E-state index contributed by atoms with van der Waals surface area (Å²) in [6, 6.07) is 3.35. The van der Waals surface area contributed by atoms with Crippen LogP contribution < -0.4 is 10.1 Å². The van der Waals surface area contributed by atoms with Gasteiger partial charge in [0.05, 0.1) is 10.2 Å². The van der Waals surface area contributed by atoms with E-state index in [1.54, 1.807) is 6.07 Å². The van der Waals surface area contributed by atoms with Gasteiger partial charge in [-0.3, -0.25) is 0 Å². The van der Waals surface area contributed by atoms with E-state index in [1.807, 2.05) is 6.92 Å². The van der Waals surface area contributed by atoms with Crippen LogP contribution in [0.25, 0.3) is 0 Å². The van der Waals surface area contributed by atoms with Crippen LogP contribution >= 0.6 is 27.5 Å². The van der Waals surface area contributed by atoms with Crippen LogP contribution in [0.1, 0.15) is 19.8 Å². The summed E-state index contributed by atoms with van der Waals surface area (Å²) in [4.78, 5) is 0. The van der Waals surface area contributed by atoms with Crippen molar-refractivity contribution in [3.63, 3.8) is 0 Å². The molecule has 0 radical (unpaired) electrons. The van der Waals surface area contributed by atoms with Crippen molar-refractivity contribution in [1.29, 1.82) is 0 Å². The van der Waals surface area contributed by atoms with E-state index in [0.29, 0.717) is 21.1 Å². The van der Waals surface area contributed by atoms with Crippen LogP contribution in [-0.2, 0) is 0 Å². The van der Waals surface area contributed by atoms with E-state index in [2.05, 4.69) is 26.0 Å². The van der Waals surface area contributed by atoms with Gasteiger partial charge in [-0.1, -0.05) is 11.6 Å².